The summed E-state index contributed by atoms with van der Waals surface area (Å²) >= 11 is 0.981. The van der Waals surface area contributed by atoms with E-state index in [1.165, 1.54) is 4.90 Å². The van der Waals surface area contributed by atoms with Gasteiger partial charge in [0.2, 0.25) is 0 Å². The van der Waals surface area contributed by atoms with Crippen molar-refractivity contribution in [3.63, 3.8) is 0 Å². The molecule has 1 amide bonds. The summed E-state index contributed by atoms with van der Waals surface area (Å²) in [4.78, 5) is 45.8. The van der Waals surface area contributed by atoms with E-state index < -0.39 is 23.7 Å². The third-order valence-corrected chi connectivity index (χ3v) is 8.44. The normalized spacial score (nSPS) is 16.0. The number of nitrogens with zero attached hydrogens (tertiary/aromatic N) is 2. The Labute approximate surface area is 254 Å². The first-order chi connectivity index (χ1) is 20.7. The lowest BCUT2D eigenvalue weighted by Crippen LogP contribution is -2.29. The number of rotatable bonds is 9. The Kier molecular flexibility index (Phi) is 8.73. The number of Topliss-reactive ketones (excluding diaryl/α,β-unsaturated/α-hetero) is 1. The summed E-state index contributed by atoms with van der Waals surface area (Å²) in [7, 11) is 0. The van der Waals surface area contributed by atoms with Gasteiger partial charge in [0.15, 0.2) is 5.13 Å². The number of aromatic nitrogens is 1. The topological polar surface area (TPSA) is 106 Å². The number of ketones is 1. The predicted octanol–water partition coefficient (Wildman–Crippen LogP) is 6.70. The maximum Gasteiger partial charge on any atom is 0.350 e. The summed E-state index contributed by atoms with van der Waals surface area (Å²) in [5, 5.41) is 11.8. The van der Waals surface area contributed by atoms with Crippen LogP contribution >= 0.6 is 11.3 Å². The summed E-state index contributed by atoms with van der Waals surface area (Å²) in [6.07, 6.45) is 0.812. The molecular weight excluding hydrogens is 564 g/mol. The van der Waals surface area contributed by atoms with Crippen LogP contribution in [0.15, 0.2) is 78.4 Å². The van der Waals surface area contributed by atoms with Gasteiger partial charge in [0.25, 0.3) is 5.78 Å². The Morgan fingerprint density at radius 3 is 2.35 bits per heavy atom. The summed E-state index contributed by atoms with van der Waals surface area (Å²) in [5.74, 6) is -1.91. The second-order valence-electron chi connectivity index (χ2n) is 10.1. The highest BCUT2D eigenvalue weighted by Gasteiger charge is 2.48. The number of hydrogen-bond acceptors (Lipinski definition) is 8. The Balaban J connectivity index is 1.57. The number of ether oxygens (including phenoxy) is 2. The van der Waals surface area contributed by atoms with Gasteiger partial charge in [-0.1, -0.05) is 72.9 Å². The van der Waals surface area contributed by atoms with E-state index in [1.54, 1.807) is 39.0 Å². The average Bonchev–Trinajstić information content (AvgIpc) is 3.52. The molecule has 1 fully saturated rings. The molecule has 1 N–H and O–H groups in total. The lowest BCUT2D eigenvalue weighted by molar-refractivity contribution is -0.132. The molecule has 1 aromatic heterocycles. The van der Waals surface area contributed by atoms with E-state index in [4.69, 9.17) is 9.47 Å². The van der Waals surface area contributed by atoms with Gasteiger partial charge in [0, 0.05) is 5.56 Å². The second kappa shape index (κ2) is 12.6. The van der Waals surface area contributed by atoms with Gasteiger partial charge in [0.1, 0.15) is 23.0 Å². The lowest BCUT2D eigenvalue weighted by Gasteiger charge is -2.23. The van der Waals surface area contributed by atoms with Crippen molar-refractivity contribution < 1.29 is 29.0 Å². The molecule has 0 radical (unpaired) electrons. The van der Waals surface area contributed by atoms with Gasteiger partial charge in [-0.15, -0.1) is 0 Å². The van der Waals surface area contributed by atoms with Crippen molar-refractivity contribution in [1.82, 2.24) is 4.98 Å². The van der Waals surface area contributed by atoms with Crippen LogP contribution in [0, 0.1) is 13.8 Å². The van der Waals surface area contributed by atoms with Crippen molar-refractivity contribution in [2.75, 3.05) is 11.5 Å². The monoisotopic (exact) mass is 596 g/mol. The molecule has 2 heterocycles. The molecule has 0 aliphatic carbocycles. The van der Waals surface area contributed by atoms with Crippen LogP contribution < -0.4 is 9.64 Å². The van der Waals surface area contributed by atoms with Crippen LogP contribution in [0.1, 0.15) is 63.1 Å². The van der Waals surface area contributed by atoms with Gasteiger partial charge in [-0.25, -0.2) is 9.78 Å². The van der Waals surface area contributed by atoms with Crippen molar-refractivity contribution in [3.05, 3.63) is 117 Å². The minimum Gasteiger partial charge on any atom is -0.507 e. The molecule has 1 atom stereocenters. The molecule has 1 aliphatic heterocycles. The number of carbonyl (C=O) groups excluding carboxylic acids is 3. The molecule has 9 heteroatoms. The van der Waals surface area contributed by atoms with Crippen LogP contribution in [0.2, 0.25) is 0 Å². The average molecular weight is 597 g/mol. The fourth-order valence-electron chi connectivity index (χ4n) is 5.03. The fraction of sp³-hybridized carbons (Fsp3) is 0.235. The van der Waals surface area contributed by atoms with Crippen LogP contribution in [0.4, 0.5) is 5.13 Å². The number of aryl methyl sites for hydroxylation is 3. The molecule has 0 saturated carbocycles. The molecule has 0 spiro atoms. The van der Waals surface area contributed by atoms with Crippen molar-refractivity contribution in [1.29, 1.82) is 0 Å². The first-order valence-corrected chi connectivity index (χ1v) is 14.9. The SMILES string of the molecule is CCOC(=O)c1sc(N2C(=O)C(=O)/C(=C(/O)c3ccc(OCc4ccccc4)cc3C)C2c2ccc(CC)cc2)nc1C. The van der Waals surface area contributed by atoms with E-state index in [1.807, 2.05) is 61.5 Å². The largest absolute Gasteiger partial charge is 0.507 e. The highest BCUT2D eigenvalue weighted by atomic mass is 32.1. The zero-order valence-corrected chi connectivity index (χ0v) is 25.2. The third-order valence-electron chi connectivity index (χ3n) is 7.30. The molecule has 220 valence electrons. The first kappa shape index (κ1) is 29.7. The number of benzene rings is 3. The number of carbonyl (C=O) groups is 3. The first-order valence-electron chi connectivity index (χ1n) is 14.1. The predicted molar refractivity (Wildman–Crippen MR) is 165 cm³/mol. The number of aliphatic hydroxyl groups excluding tert-OH is 1. The Morgan fingerprint density at radius 2 is 1.70 bits per heavy atom. The third kappa shape index (κ3) is 5.94. The van der Waals surface area contributed by atoms with Gasteiger partial charge < -0.3 is 14.6 Å². The van der Waals surface area contributed by atoms with Crippen molar-refractivity contribution in [3.8, 4) is 5.75 Å². The lowest BCUT2D eigenvalue weighted by atomic mass is 9.93. The Hall–Kier alpha value is -4.76. The summed E-state index contributed by atoms with van der Waals surface area (Å²) in [5.41, 5.74) is 4.14. The summed E-state index contributed by atoms with van der Waals surface area (Å²) in [6, 6.07) is 21.5. The maximum absolute atomic E-state index is 13.6. The minimum atomic E-state index is -0.958. The zero-order chi connectivity index (χ0) is 30.7. The summed E-state index contributed by atoms with van der Waals surface area (Å²) < 4.78 is 11.1. The fourth-order valence-corrected chi connectivity index (χ4v) is 6.02. The maximum atomic E-state index is 13.6. The van der Waals surface area contributed by atoms with Gasteiger partial charge in [-0.05, 0) is 67.6 Å². The molecular formula is C34H32N2O6S. The van der Waals surface area contributed by atoms with Crippen LogP contribution in [0.5, 0.6) is 5.75 Å². The number of anilines is 1. The Bertz CT molecular complexity index is 1710. The number of hydrogen-bond donors (Lipinski definition) is 1. The minimum absolute atomic E-state index is 0.0548. The molecule has 3 aromatic carbocycles. The standard InChI is InChI=1S/C34H32N2O6S/c1-5-22-12-14-24(15-13-22)28-27(30(38)32(39)36(28)34-35-21(4)31(43-34)33(40)41-6-2)29(37)26-17-16-25(18-20(26)3)42-19-23-10-8-7-9-11-23/h7-18,28,37H,5-6,19H2,1-4H3/b29-27+. The highest BCUT2D eigenvalue weighted by Crippen LogP contribution is 2.44. The van der Waals surface area contributed by atoms with Gasteiger partial charge >= 0.3 is 11.9 Å². The smallest absolute Gasteiger partial charge is 0.350 e. The molecule has 1 unspecified atom stereocenters. The number of esters is 1. The van der Waals surface area contributed by atoms with E-state index in [2.05, 4.69) is 4.98 Å². The van der Waals surface area contributed by atoms with Crippen LogP contribution in [0.3, 0.4) is 0 Å². The van der Waals surface area contributed by atoms with Gasteiger partial charge in [-0.3, -0.25) is 14.5 Å². The van der Waals surface area contributed by atoms with Crippen molar-refractivity contribution >= 4 is 39.9 Å². The molecule has 4 aromatic rings. The number of aliphatic hydroxyl groups is 1. The van der Waals surface area contributed by atoms with Gasteiger partial charge in [0.05, 0.1) is 23.9 Å². The number of amides is 1. The van der Waals surface area contributed by atoms with E-state index in [-0.39, 0.29) is 27.9 Å². The molecule has 0 bridgehead atoms. The molecule has 1 saturated heterocycles. The van der Waals surface area contributed by atoms with E-state index >= 15 is 0 Å². The quantitative estimate of drug-likeness (QED) is 0.0991. The second-order valence-corrected chi connectivity index (χ2v) is 11.1. The summed E-state index contributed by atoms with van der Waals surface area (Å²) in [6.45, 7) is 7.77. The molecule has 1 aliphatic rings. The molecule has 5 rings (SSSR count). The van der Waals surface area contributed by atoms with E-state index in [0.717, 1.165) is 28.9 Å². The van der Waals surface area contributed by atoms with E-state index in [0.29, 0.717) is 34.7 Å². The highest BCUT2D eigenvalue weighted by molar-refractivity contribution is 7.17. The molecule has 8 nitrogen and oxygen atoms in total. The van der Waals surface area contributed by atoms with Crippen molar-refractivity contribution in [2.45, 2.75) is 46.8 Å². The van der Waals surface area contributed by atoms with Crippen molar-refractivity contribution in [2.24, 2.45) is 0 Å². The van der Waals surface area contributed by atoms with Crippen LogP contribution in [-0.4, -0.2) is 34.4 Å². The Morgan fingerprint density at radius 1 is 0.977 bits per heavy atom. The van der Waals surface area contributed by atoms with E-state index in [9.17, 15) is 19.5 Å². The number of thiazole rings is 1. The van der Waals surface area contributed by atoms with Gasteiger partial charge in [-0.2, -0.15) is 0 Å². The molecule has 43 heavy (non-hydrogen) atoms. The van der Waals surface area contributed by atoms with Crippen LogP contribution in [0.25, 0.3) is 5.76 Å². The van der Waals surface area contributed by atoms with Crippen LogP contribution in [-0.2, 0) is 27.4 Å². The zero-order valence-electron chi connectivity index (χ0n) is 24.4.